The molecular weight excluding hydrogens is 1740 g/mol. The van der Waals surface area contributed by atoms with Gasteiger partial charge in [0.2, 0.25) is 23.6 Å². The van der Waals surface area contributed by atoms with Crippen LogP contribution < -0.4 is 52.6 Å². The first-order valence-corrected chi connectivity index (χ1v) is 46.0. The van der Waals surface area contributed by atoms with Gasteiger partial charge in [0, 0.05) is 152 Å². The third-order valence-electron chi connectivity index (χ3n) is 26.2. The van der Waals surface area contributed by atoms with Crippen LogP contribution in [0.25, 0.3) is 10.9 Å². The molecule has 2 saturated heterocycles. The van der Waals surface area contributed by atoms with Crippen LogP contribution in [-0.2, 0) is 107 Å². The molecule has 4 unspecified atom stereocenters. The number of hydrogen-bond acceptors (Lipinski definition) is 28. The zero-order valence-electron chi connectivity index (χ0n) is 73.5. The summed E-state index contributed by atoms with van der Waals surface area (Å²) >= 11 is 0. The van der Waals surface area contributed by atoms with Gasteiger partial charge in [0.05, 0.1) is 56.1 Å². The number of piperidine rings is 1. The van der Waals surface area contributed by atoms with E-state index >= 15 is 4.79 Å². The molecule has 4 aromatic carbocycles. The van der Waals surface area contributed by atoms with Gasteiger partial charge in [-0.05, 0) is 112 Å². The van der Waals surface area contributed by atoms with Crippen molar-refractivity contribution in [3.8, 4) is 5.75 Å². The number of ketones is 3. The number of hydrogen-bond donors (Lipinski definition) is 16. The van der Waals surface area contributed by atoms with E-state index in [4.69, 9.17) is 29.9 Å². The van der Waals surface area contributed by atoms with Crippen molar-refractivity contribution >= 4 is 128 Å². The van der Waals surface area contributed by atoms with E-state index in [0.29, 0.717) is 68.6 Å². The number of benzene rings is 4. The predicted molar refractivity (Wildman–Crippen MR) is 476 cm³/mol. The number of urea groups is 1. The summed E-state index contributed by atoms with van der Waals surface area (Å²) in [6.45, 7) is 7.63. The van der Waals surface area contributed by atoms with E-state index in [1.807, 2.05) is 50.1 Å². The molecule has 708 valence electrons. The van der Waals surface area contributed by atoms with Gasteiger partial charge in [-0.3, -0.25) is 62.5 Å². The number of carboxylic acids is 4. The standard InChI is InChI=1S/C90H116N12O24S2.CO2/c1-6-87(122)45-54-44-86(3,76-58(28-33-101(48-54)50-87)57-21-14-15-22-62(57)96-76)60-41-59-66(43-69(60)124-5)100(4)82-89(59)30-34-102-32-16-29-88(7-2,81(89)102)83(119)90(82,123)70(106)47-94-85(121)125-35-36-127-128-49-56(79(115)116)40-68(105)65(42-75(111)112)97-78(114)61(91)46-93-77(113)55(37-52-17-10-8-11-18-52)39-67(104)64(38-53-19-12-9-13-20-53)95-72(108)27-31-92-71(107)24-23-63(80(117)118)98-84(120)99-73(126-51-103)25-26-74(109)110;2-1-3/h8-22,29,41,43,51,54-56,61,63-65,73,81-83,96,119,122-123H,6-7,23-28,30-40,42,44-50,91H2,1-5H3,(H,92,107)(H,93,113)(H,94,121)(H,95,108)(H,97,114)(H,109,110)(H,111,112)(H,115,116)(H,117,118)(H2,98,99,120);/t54?,55-,56+,61+,63+,64+,65+,73-,81+,82?,83-,86-,87?,88-,89-,90+;/m1./s1. The average Bonchev–Trinajstić information content (AvgIpc) is 1.57. The molecule has 11 rings (SSSR count). The number of nitrogens with two attached hydrogens (primary N) is 1. The van der Waals surface area contributed by atoms with Gasteiger partial charge in [0.1, 0.15) is 30.5 Å². The van der Waals surface area contributed by atoms with Crippen molar-refractivity contribution in [3.63, 3.8) is 0 Å². The zero-order valence-corrected chi connectivity index (χ0v) is 75.2. The summed E-state index contributed by atoms with van der Waals surface area (Å²) in [5.74, 6) is -13.6. The highest BCUT2D eigenvalue weighted by Gasteiger charge is 2.78. The van der Waals surface area contributed by atoms with Gasteiger partial charge >= 0.3 is 42.2 Å². The highest BCUT2D eigenvalue weighted by atomic mass is 33.1. The van der Waals surface area contributed by atoms with Crippen LogP contribution in [0.4, 0.5) is 15.3 Å². The number of ether oxygens (including phenoxy) is 3. The molecule has 3 fully saturated rings. The highest BCUT2D eigenvalue weighted by Crippen LogP contribution is 2.68. The van der Waals surface area contributed by atoms with Crippen LogP contribution in [0.15, 0.2) is 109 Å². The van der Waals surface area contributed by atoms with E-state index in [1.165, 1.54) is 5.56 Å². The van der Waals surface area contributed by atoms with E-state index in [2.05, 4.69) is 87.9 Å². The van der Waals surface area contributed by atoms with Gasteiger partial charge in [-0.1, -0.05) is 126 Å². The van der Waals surface area contributed by atoms with Crippen molar-refractivity contribution in [1.29, 1.82) is 0 Å². The number of aromatic amines is 1. The molecule has 38 nitrogen and oxygen atoms in total. The lowest BCUT2D eigenvalue weighted by Gasteiger charge is -2.63. The number of nitrogens with zero attached hydrogens (tertiary/aromatic N) is 3. The minimum atomic E-state index is -2.50. The largest absolute Gasteiger partial charge is 0.496 e. The number of carbonyl (C=O) groups excluding carboxylic acids is 12. The molecule has 17 atom stereocenters. The lowest BCUT2D eigenvalue weighted by Crippen LogP contribution is -2.81. The Morgan fingerprint density at radius 2 is 1.39 bits per heavy atom. The number of para-hydroxylation sites is 1. The van der Waals surface area contributed by atoms with Crippen molar-refractivity contribution in [2.24, 2.45) is 28.9 Å². The zero-order chi connectivity index (χ0) is 95.3. The molecule has 1 aromatic heterocycles. The molecule has 1 spiro atoms. The Morgan fingerprint density at radius 1 is 0.710 bits per heavy atom. The summed E-state index contributed by atoms with van der Waals surface area (Å²) in [6.07, 6.45) is -0.844. The summed E-state index contributed by atoms with van der Waals surface area (Å²) in [5, 5.41) is 95.6. The summed E-state index contributed by atoms with van der Waals surface area (Å²) in [5.41, 5.74) is 7.08. The summed E-state index contributed by atoms with van der Waals surface area (Å²) in [6, 6.07) is 20.8. The van der Waals surface area contributed by atoms with E-state index in [0.717, 1.165) is 74.5 Å². The Bertz CT molecular complexity index is 5060. The Kier molecular flexibility index (Phi) is 35.2. The number of rotatable bonds is 46. The molecule has 0 radical (unpaired) electrons. The van der Waals surface area contributed by atoms with Gasteiger partial charge in [0.25, 0.3) is 6.47 Å². The monoisotopic (exact) mass is 1860 g/mol. The Hall–Kier alpha value is -11.6. The summed E-state index contributed by atoms with van der Waals surface area (Å²) < 4.78 is 16.6. The molecule has 17 N–H and O–H groups in total. The molecule has 6 heterocycles. The second-order valence-corrected chi connectivity index (χ2v) is 37.2. The van der Waals surface area contributed by atoms with Crippen LogP contribution in [0.3, 0.4) is 0 Å². The molecule has 5 aromatic rings. The van der Waals surface area contributed by atoms with Gasteiger partial charge in [-0.15, -0.1) is 0 Å². The van der Waals surface area contributed by atoms with Crippen molar-refractivity contribution in [1.82, 2.24) is 52.0 Å². The molecule has 6 aliphatic rings. The van der Waals surface area contributed by atoms with Crippen molar-refractivity contribution in [3.05, 3.63) is 143 Å². The lowest BCUT2D eigenvalue weighted by molar-refractivity contribution is -0.201. The van der Waals surface area contributed by atoms with Crippen LogP contribution in [0.5, 0.6) is 5.75 Å². The number of methoxy groups -OCH3 is 1. The molecule has 7 amide bonds. The Balaban J connectivity index is 0.00000586. The van der Waals surface area contributed by atoms with Gasteiger partial charge in [-0.2, -0.15) is 9.59 Å². The van der Waals surface area contributed by atoms with Crippen LogP contribution in [0.2, 0.25) is 0 Å². The van der Waals surface area contributed by atoms with Crippen LogP contribution in [-0.4, -0.2) is 285 Å². The quantitative estimate of drug-likeness (QED) is 0.00874. The van der Waals surface area contributed by atoms with E-state index in [9.17, 15) is 93.0 Å². The highest BCUT2D eigenvalue weighted by molar-refractivity contribution is 8.76. The maximum absolute atomic E-state index is 15.4. The van der Waals surface area contributed by atoms with Gasteiger partial charge in [0.15, 0.2) is 29.2 Å². The molecule has 131 heavy (non-hydrogen) atoms. The second-order valence-electron chi connectivity index (χ2n) is 34.5. The number of nitrogens with one attached hydrogen (secondary N) is 8. The number of amides is 7. The van der Waals surface area contributed by atoms with Gasteiger partial charge < -0.3 is 103 Å². The maximum atomic E-state index is 15.4. The van der Waals surface area contributed by atoms with Crippen molar-refractivity contribution in [2.75, 3.05) is 89.5 Å². The number of anilines is 1. The number of carboxylic acid groups (broad SMARTS) is 4. The Labute approximate surface area is 763 Å². The summed E-state index contributed by atoms with van der Waals surface area (Å²) in [4.78, 5) is 210. The fourth-order valence-electron chi connectivity index (χ4n) is 20.1. The smallest absolute Gasteiger partial charge is 0.407 e. The third-order valence-corrected chi connectivity index (χ3v) is 28.6. The number of Topliss-reactive ketones (excluding diaryl/α,β-unsaturated/α-hetero) is 3. The topological polar surface area (TPSA) is 578 Å². The van der Waals surface area contributed by atoms with Gasteiger partial charge in [-0.25, -0.2) is 14.4 Å². The second kappa shape index (κ2) is 45.5. The van der Waals surface area contributed by atoms with Crippen molar-refractivity contribution in [2.45, 2.75) is 194 Å². The number of fused-ring (bicyclic) bond motifs is 6. The first kappa shape index (κ1) is 102. The number of likely N-dealkylation sites (N-methyl/N-ethyl adjacent to an activating group) is 1. The fourth-order valence-corrected chi connectivity index (χ4v) is 22.2. The van der Waals surface area contributed by atoms with E-state index in [1.54, 1.807) is 67.8 Å². The minimum absolute atomic E-state index is 0.0339. The maximum Gasteiger partial charge on any atom is 0.407 e. The first-order valence-electron chi connectivity index (χ1n) is 43.6. The number of aromatic nitrogens is 1. The molecule has 1 aliphatic carbocycles. The third kappa shape index (κ3) is 24.0. The fraction of sp³-hybridized carbons (Fsp3) is 0.527. The van der Waals surface area contributed by atoms with Crippen LogP contribution >= 0.6 is 21.6 Å². The van der Waals surface area contributed by atoms with E-state index < -0.39 is 210 Å². The molecule has 2 bridgehead atoms. The number of aliphatic carboxylic acids is 4. The van der Waals surface area contributed by atoms with E-state index in [-0.39, 0.29) is 74.9 Å². The number of aliphatic hydroxyl groups is 3. The van der Waals surface area contributed by atoms with Crippen LogP contribution in [0, 0.1) is 23.2 Å². The Morgan fingerprint density at radius 3 is 2.05 bits per heavy atom. The first-order chi connectivity index (χ1) is 62.5. The van der Waals surface area contributed by atoms with Crippen LogP contribution in [0.1, 0.15) is 138 Å². The predicted octanol–water partition coefficient (Wildman–Crippen LogP) is 3.20. The normalized spacial score (nSPS) is 24.2. The SMILES string of the molecule is CCC1(O)CC2CN(CCc3c([nH]c4ccccc34)[C@@](C)(c3cc4c(cc3OC)N(C)C3[C@]45CCN4CC=C[C@@](CC)([C@@H](O)[C@]3(O)C(=O)CNC(=O)OCCSSC[C@H](CC(=O)[C@H](CC(=O)O)NC(=O)[C@@H](N)CNC(=O)[C@@H](CC(=O)[C@H](Cc3ccccc3)NC(=O)CCNC(=O)CC[C@H](NC(=O)N[C@@H](CCC(=O)O)OC=O)C(=O)O)Cc3ccccc3)C(=O)O)[C@H]45)C2)C1.O=C=O. The van der Waals surface area contributed by atoms with Crippen molar-refractivity contribution < 1.29 is 127 Å². The number of aliphatic hydroxyl groups excluding tert-OH is 1. The molecular formula is C91H116N12O26S2. The average molecular weight is 1860 g/mol. The molecule has 1 saturated carbocycles. The summed E-state index contributed by atoms with van der Waals surface area (Å²) in [7, 11) is 5.54. The number of alkyl carbamates (subject to hydrolysis) is 1. The lowest BCUT2D eigenvalue weighted by atomic mass is 9.47. The molecule has 5 aliphatic heterocycles. The minimum Gasteiger partial charge on any atom is -0.496 e. The number of carbonyl (C=O) groups is 14. The number of H-pyrrole nitrogens is 1. The molecule has 40 heteroatoms.